The monoisotopic (exact) mass is 401 g/mol. The number of fused-ring (bicyclic) bond motifs is 1. The number of rotatable bonds is 5. The molecule has 0 spiro atoms. The summed E-state index contributed by atoms with van der Waals surface area (Å²) in [5.74, 6) is 0.722. The maximum atomic E-state index is 12.9. The van der Waals surface area contributed by atoms with Gasteiger partial charge in [-0.1, -0.05) is 19.3 Å². The molecule has 1 aromatic heterocycles. The molecule has 4 rings (SSSR count). The first kappa shape index (κ1) is 20.4. The lowest BCUT2D eigenvalue weighted by Crippen LogP contribution is -2.51. The fourth-order valence-corrected chi connectivity index (χ4v) is 5.34. The summed E-state index contributed by atoms with van der Waals surface area (Å²) in [5, 5.41) is 4.86. The number of hydrogen-bond donors (Lipinski definition) is 0. The summed E-state index contributed by atoms with van der Waals surface area (Å²) in [4.78, 5) is 29.9. The molecule has 2 fully saturated rings. The van der Waals surface area contributed by atoms with Crippen LogP contribution in [0.3, 0.4) is 0 Å². The van der Waals surface area contributed by atoms with Gasteiger partial charge in [0.15, 0.2) is 5.69 Å². The summed E-state index contributed by atoms with van der Waals surface area (Å²) in [7, 11) is 3.63. The average molecular weight is 402 g/mol. The van der Waals surface area contributed by atoms with Crippen molar-refractivity contribution in [1.82, 2.24) is 24.5 Å². The molecule has 160 valence electrons. The Bertz CT molecular complexity index is 730. The Balaban J connectivity index is 1.54. The predicted octanol–water partition coefficient (Wildman–Crippen LogP) is 1.80. The molecule has 2 aliphatic carbocycles. The Kier molecular flexibility index (Phi) is 6.23. The number of amides is 2. The van der Waals surface area contributed by atoms with Crippen LogP contribution in [0.2, 0.25) is 0 Å². The fourth-order valence-electron chi connectivity index (χ4n) is 5.34. The van der Waals surface area contributed by atoms with Crippen molar-refractivity contribution in [2.75, 3.05) is 40.3 Å². The number of aromatic nitrogens is 2. The fraction of sp³-hybridized carbons (Fsp3) is 0.773. The third-order valence-electron chi connectivity index (χ3n) is 7.10. The number of carbonyl (C=O) groups is 2. The highest BCUT2D eigenvalue weighted by Crippen LogP contribution is 2.31. The summed E-state index contributed by atoms with van der Waals surface area (Å²) in [6.07, 6.45) is 10.5. The summed E-state index contributed by atoms with van der Waals surface area (Å²) >= 11 is 0. The second-order valence-electron chi connectivity index (χ2n) is 9.23. The molecule has 1 atom stereocenters. The van der Waals surface area contributed by atoms with E-state index in [1.54, 1.807) is 4.90 Å². The van der Waals surface area contributed by atoms with Crippen LogP contribution < -0.4 is 0 Å². The van der Waals surface area contributed by atoms with Crippen molar-refractivity contribution in [1.29, 1.82) is 0 Å². The van der Waals surface area contributed by atoms with Crippen LogP contribution in [0.15, 0.2) is 0 Å². The highest BCUT2D eigenvalue weighted by molar-refractivity contribution is 5.93. The molecule has 7 nitrogen and oxygen atoms in total. The second-order valence-corrected chi connectivity index (χ2v) is 9.23. The Morgan fingerprint density at radius 3 is 2.48 bits per heavy atom. The normalized spacial score (nSPS) is 23.7. The standard InChI is InChI=1S/C22H35N5O2/c1-24(2)22(29)21-19-14-18(26-12-10-25(16-28)11-13-26)8-9-20(19)27(23-21)15-17-6-4-3-5-7-17/h16-18H,3-15H2,1-2H3. The van der Waals surface area contributed by atoms with Gasteiger partial charge >= 0.3 is 0 Å². The van der Waals surface area contributed by atoms with E-state index in [-0.39, 0.29) is 5.91 Å². The van der Waals surface area contributed by atoms with E-state index in [0.29, 0.717) is 17.7 Å². The Morgan fingerprint density at radius 2 is 1.83 bits per heavy atom. The van der Waals surface area contributed by atoms with Gasteiger partial charge in [-0.05, 0) is 38.0 Å². The van der Waals surface area contributed by atoms with E-state index < -0.39 is 0 Å². The van der Waals surface area contributed by atoms with Gasteiger partial charge in [-0.15, -0.1) is 0 Å². The van der Waals surface area contributed by atoms with Crippen molar-refractivity contribution in [3.8, 4) is 0 Å². The van der Waals surface area contributed by atoms with Crippen LogP contribution in [0.1, 0.15) is 60.3 Å². The van der Waals surface area contributed by atoms with Crippen LogP contribution >= 0.6 is 0 Å². The number of carbonyl (C=O) groups excluding carboxylic acids is 2. The largest absolute Gasteiger partial charge is 0.343 e. The summed E-state index contributed by atoms with van der Waals surface area (Å²) in [6.45, 7) is 4.41. The molecule has 0 N–H and O–H groups in total. The topological polar surface area (TPSA) is 61.7 Å². The first-order chi connectivity index (χ1) is 14.1. The minimum Gasteiger partial charge on any atom is -0.343 e. The van der Waals surface area contributed by atoms with Gasteiger partial charge in [0, 0.05) is 64.1 Å². The Labute approximate surface area is 174 Å². The lowest BCUT2D eigenvalue weighted by atomic mass is 9.88. The van der Waals surface area contributed by atoms with Crippen LogP contribution in [0.4, 0.5) is 0 Å². The molecule has 0 radical (unpaired) electrons. The van der Waals surface area contributed by atoms with E-state index in [4.69, 9.17) is 5.10 Å². The van der Waals surface area contributed by atoms with Gasteiger partial charge in [0.1, 0.15) is 0 Å². The van der Waals surface area contributed by atoms with E-state index in [1.807, 2.05) is 19.0 Å². The number of hydrogen-bond acceptors (Lipinski definition) is 4. The SMILES string of the molecule is CN(C)C(=O)c1nn(CC2CCCCC2)c2c1CC(N1CCN(C=O)CC1)CC2. The second kappa shape index (κ2) is 8.86. The van der Waals surface area contributed by atoms with Gasteiger partial charge in [-0.2, -0.15) is 5.10 Å². The van der Waals surface area contributed by atoms with Gasteiger partial charge in [-0.25, -0.2) is 0 Å². The summed E-state index contributed by atoms with van der Waals surface area (Å²) in [6, 6.07) is 0.442. The Morgan fingerprint density at radius 1 is 1.10 bits per heavy atom. The maximum absolute atomic E-state index is 12.9. The van der Waals surface area contributed by atoms with E-state index in [9.17, 15) is 9.59 Å². The smallest absolute Gasteiger partial charge is 0.274 e. The molecule has 7 heteroatoms. The van der Waals surface area contributed by atoms with Crippen LogP contribution in [0, 0.1) is 5.92 Å². The maximum Gasteiger partial charge on any atom is 0.274 e. The molecule has 3 aliphatic rings. The molecular weight excluding hydrogens is 366 g/mol. The van der Waals surface area contributed by atoms with Crippen molar-refractivity contribution >= 4 is 12.3 Å². The van der Waals surface area contributed by atoms with Crippen LogP contribution in [-0.2, 0) is 24.2 Å². The average Bonchev–Trinajstić information content (AvgIpc) is 3.11. The van der Waals surface area contributed by atoms with Gasteiger partial charge in [0.05, 0.1) is 0 Å². The van der Waals surface area contributed by atoms with E-state index in [1.165, 1.54) is 43.4 Å². The van der Waals surface area contributed by atoms with Gasteiger partial charge in [0.2, 0.25) is 6.41 Å². The summed E-state index contributed by atoms with van der Waals surface area (Å²) in [5.41, 5.74) is 3.13. The number of piperazine rings is 1. The molecule has 0 aromatic carbocycles. The molecule has 1 unspecified atom stereocenters. The molecule has 1 saturated heterocycles. The van der Waals surface area contributed by atoms with Crippen LogP contribution in [-0.4, -0.2) is 83.1 Å². The van der Waals surface area contributed by atoms with Crippen molar-refractivity contribution in [2.24, 2.45) is 5.92 Å². The minimum absolute atomic E-state index is 0.0232. The van der Waals surface area contributed by atoms with Crippen LogP contribution in [0.5, 0.6) is 0 Å². The zero-order valence-electron chi connectivity index (χ0n) is 18.0. The van der Waals surface area contributed by atoms with Crippen LogP contribution in [0.25, 0.3) is 0 Å². The van der Waals surface area contributed by atoms with Gasteiger partial charge in [0.25, 0.3) is 5.91 Å². The van der Waals surface area contributed by atoms with Crippen molar-refractivity contribution in [3.05, 3.63) is 17.0 Å². The molecule has 0 bridgehead atoms. The molecular formula is C22H35N5O2. The highest BCUT2D eigenvalue weighted by Gasteiger charge is 2.33. The van der Waals surface area contributed by atoms with Crippen molar-refractivity contribution in [3.63, 3.8) is 0 Å². The van der Waals surface area contributed by atoms with Gasteiger partial charge < -0.3 is 9.80 Å². The third kappa shape index (κ3) is 4.34. The quantitative estimate of drug-likeness (QED) is 0.706. The minimum atomic E-state index is 0.0232. The summed E-state index contributed by atoms with van der Waals surface area (Å²) < 4.78 is 2.18. The molecule has 1 aliphatic heterocycles. The molecule has 2 heterocycles. The van der Waals surface area contributed by atoms with Gasteiger partial charge in [-0.3, -0.25) is 19.2 Å². The van der Waals surface area contributed by atoms with Crippen molar-refractivity contribution < 1.29 is 9.59 Å². The van der Waals surface area contributed by atoms with E-state index >= 15 is 0 Å². The first-order valence-corrected chi connectivity index (χ1v) is 11.3. The predicted molar refractivity (Wildman–Crippen MR) is 112 cm³/mol. The highest BCUT2D eigenvalue weighted by atomic mass is 16.2. The molecule has 1 saturated carbocycles. The molecule has 29 heavy (non-hydrogen) atoms. The first-order valence-electron chi connectivity index (χ1n) is 11.3. The van der Waals surface area contributed by atoms with E-state index in [0.717, 1.165) is 58.4 Å². The third-order valence-corrected chi connectivity index (χ3v) is 7.10. The zero-order valence-corrected chi connectivity index (χ0v) is 18.0. The number of nitrogens with zero attached hydrogens (tertiary/aromatic N) is 5. The Hall–Kier alpha value is -1.89. The molecule has 1 aromatic rings. The van der Waals surface area contributed by atoms with E-state index in [2.05, 4.69) is 9.58 Å². The van der Waals surface area contributed by atoms with Crippen molar-refractivity contribution in [2.45, 2.75) is 64.0 Å². The lowest BCUT2D eigenvalue weighted by molar-refractivity contribution is -0.120. The molecule has 2 amide bonds. The zero-order chi connectivity index (χ0) is 20.4. The lowest BCUT2D eigenvalue weighted by Gasteiger charge is -2.39.